The third-order valence-electron chi connectivity index (χ3n) is 5.90. The van der Waals surface area contributed by atoms with E-state index in [1.165, 1.54) is 0 Å². The SMILES string of the molecule is CC[C@H](F)C(=O)OC1CCC(C2CCC(OC(=O)[C@@H](F)CC)CC2)CC1. The fourth-order valence-electron chi connectivity index (χ4n) is 4.17. The minimum Gasteiger partial charge on any atom is -0.460 e. The van der Waals surface area contributed by atoms with E-state index in [4.69, 9.17) is 9.47 Å². The summed E-state index contributed by atoms with van der Waals surface area (Å²) in [6.45, 7) is 3.26. The molecule has 0 heterocycles. The Kier molecular flexibility index (Phi) is 8.29. The highest BCUT2D eigenvalue weighted by Crippen LogP contribution is 2.39. The first-order valence-corrected chi connectivity index (χ1v) is 10.1. The van der Waals surface area contributed by atoms with Crippen molar-refractivity contribution in [1.29, 1.82) is 0 Å². The number of esters is 2. The normalized spacial score (nSPS) is 31.7. The van der Waals surface area contributed by atoms with Crippen molar-refractivity contribution in [2.24, 2.45) is 11.8 Å². The molecule has 0 N–H and O–H groups in total. The Morgan fingerprint density at radius 1 is 0.731 bits per heavy atom. The van der Waals surface area contributed by atoms with E-state index in [0.717, 1.165) is 51.4 Å². The molecule has 6 heteroatoms. The van der Waals surface area contributed by atoms with Crippen molar-refractivity contribution in [3.63, 3.8) is 0 Å². The van der Waals surface area contributed by atoms with Gasteiger partial charge in [0.25, 0.3) is 0 Å². The van der Waals surface area contributed by atoms with Crippen LogP contribution in [0.4, 0.5) is 8.78 Å². The predicted octanol–water partition coefficient (Wildman–Crippen LogP) is 4.69. The first-order valence-electron chi connectivity index (χ1n) is 10.1. The van der Waals surface area contributed by atoms with Gasteiger partial charge in [-0.15, -0.1) is 0 Å². The van der Waals surface area contributed by atoms with E-state index >= 15 is 0 Å². The van der Waals surface area contributed by atoms with E-state index < -0.39 is 24.3 Å². The predicted molar refractivity (Wildman–Crippen MR) is 94.1 cm³/mol. The number of alkyl halides is 2. The van der Waals surface area contributed by atoms with Crippen LogP contribution in [0, 0.1) is 11.8 Å². The molecule has 0 saturated heterocycles. The molecule has 0 amide bonds. The molecule has 2 fully saturated rings. The molecule has 4 nitrogen and oxygen atoms in total. The van der Waals surface area contributed by atoms with E-state index in [-0.39, 0.29) is 25.0 Å². The van der Waals surface area contributed by atoms with Gasteiger partial charge in [0.2, 0.25) is 0 Å². The monoisotopic (exact) mass is 374 g/mol. The lowest BCUT2D eigenvalue weighted by molar-refractivity contribution is -0.159. The molecule has 0 aromatic heterocycles. The summed E-state index contributed by atoms with van der Waals surface area (Å²) in [5.41, 5.74) is 0. The lowest BCUT2D eigenvalue weighted by Crippen LogP contribution is -2.33. The maximum Gasteiger partial charge on any atom is 0.340 e. The van der Waals surface area contributed by atoms with Crippen LogP contribution in [-0.2, 0) is 19.1 Å². The number of hydrogen-bond donors (Lipinski definition) is 0. The van der Waals surface area contributed by atoms with E-state index in [9.17, 15) is 18.4 Å². The summed E-state index contributed by atoms with van der Waals surface area (Å²) in [7, 11) is 0. The second kappa shape index (κ2) is 10.2. The Bertz CT molecular complexity index is 413. The molecule has 2 rings (SSSR count). The molecule has 26 heavy (non-hydrogen) atoms. The van der Waals surface area contributed by atoms with Gasteiger partial charge in [0.05, 0.1) is 0 Å². The summed E-state index contributed by atoms with van der Waals surface area (Å²) in [4.78, 5) is 23.1. The second-order valence-corrected chi connectivity index (χ2v) is 7.70. The zero-order valence-corrected chi connectivity index (χ0v) is 15.9. The molecule has 2 atom stereocenters. The van der Waals surface area contributed by atoms with Crippen molar-refractivity contribution in [1.82, 2.24) is 0 Å². The van der Waals surface area contributed by atoms with Crippen molar-refractivity contribution in [2.75, 3.05) is 0 Å². The summed E-state index contributed by atoms with van der Waals surface area (Å²) in [6, 6.07) is 0. The van der Waals surface area contributed by atoms with Crippen LogP contribution in [0.5, 0.6) is 0 Å². The van der Waals surface area contributed by atoms with Crippen LogP contribution < -0.4 is 0 Å². The van der Waals surface area contributed by atoms with Crippen LogP contribution in [0.25, 0.3) is 0 Å². The van der Waals surface area contributed by atoms with Crippen LogP contribution in [0.1, 0.15) is 78.1 Å². The number of halogens is 2. The first-order chi connectivity index (χ1) is 12.4. The van der Waals surface area contributed by atoms with Crippen molar-refractivity contribution in [2.45, 2.75) is 103 Å². The number of rotatable bonds is 7. The summed E-state index contributed by atoms with van der Waals surface area (Å²) in [5, 5.41) is 0. The molecule has 0 aliphatic heterocycles. The molecular weight excluding hydrogens is 342 g/mol. The van der Waals surface area contributed by atoms with E-state index in [1.807, 2.05) is 0 Å². The lowest BCUT2D eigenvalue weighted by Gasteiger charge is -2.37. The zero-order valence-electron chi connectivity index (χ0n) is 15.9. The summed E-state index contributed by atoms with van der Waals surface area (Å²) in [5.74, 6) is -0.287. The number of carbonyl (C=O) groups is 2. The van der Waals surface area contributed by atoms with E-state index in [0.29, 0.717) is 11.8 Å². The van der Waals surface area contributed by atoms with E-state index in [1.54, 1.807) is 13.8 Å². The summed E-state index contributed by atoms with van der Waals surface area (Å²) < 4.78 is 37.2. The van der Waals surface area contributed by atoms with Gasteiger partial charge in [-0.25, -0.2) is 18.4 Å². The number of hydrogen-bond acceptors (Lipinski definition) is 4. The Morgan fingerprint density at radius 2 is 1.04 bits per heavy atom. The maximum absolute atomic E-state index is 13.3. The van der Waals surface area contributed by atoms with Crippen LogP contribution in [-0.4, -0.2) is 36.5 Å². The smallest absolute Gasteiger partial charge is 0.340 e. The molecule has 0 spiro atoms. The van der Waals surface area contributed by atoms with Crippen LogP contribution >= 0.6 is 0 Å². The summed E-state index contributed by atoms with van der Waals surface area (Å²) >= 11 is 0. The van der Waals surface area contributed by atoms with Crippen molar-refractivity contribution in [3.8, 4) is 0 Å². The van der Waals surface area contributed by atoms with Crippen molar-refractivity contribution >= 4 is 11.9 Å². The average molecular weight is 374 g/mol. The second-order valence-electron chi connectivity index (χ2n) is 7.70. The summed E-state index contributed by atoms with van der Waals surface area (Å²) in [6.07, 6.45) is 4.09. The third kappa shape index (κ3) is 5.92. The molecule has 2 saturated carbocycles. The minimum atomic E-state index is -1.51. The van der Waals surface area contributed by atoms with Crippen LogP contribution in [0.15, 0.2) is 0 Å². The molecule has 150 valence electrons. The van der Waals surface area contributed by atoms with Gasteiger partial charge in [0.15, 0.2) is 12.3 Å². The average Bonchev–Trinajstić information content (AvgIpc) is 2.67. The molecule has 0 radical (unpaired) electrons. The fourth-order valence-corrected chi connectivity index (χ4v) is 4.17. The highest BCUT2D eigenvalue weighted by molar-refractivity contribution is 5.74. The Morgan fingerprint density at radius 3 is 1.31 bits per heavy atom. The van der Waals surface area contributed by atoms with Gasteiger partial charge in [0.1, 0.15) is 12.2 Å². The maximum atomic E-state index is 13.3. The van der Waals surface area contributed by atoms with Crippen molar-refractivity contribution in [3.05, 3.63) is 0 Å². The number of ether oxygens (including phenoxy) is 2. The van der Waals surface area contributed by atoms with Crippen molar-refractivity contribution < 1.29 is 27.8 Å². The molecule has 0 bridgehead atoms. The quantitative estimate of drug-likeness (QED) is 0.607. The van der Waals surface area contributed by atoms with Gasteiger partial charge in [-0.2, -0.15) is 0 Å². The van der Waals surface area contributed by atoms with Gasteiger partial charge in [-0.1, -0.05) is 13.8 Å². The van der Waals surface area contributed by atoms with Gasteiger partial charge in [0, 0.05) is 0 Å². The van der Waals surface area contributed by atoms with Crippen LogP contribution in [0.3, 0.4) is 0 Å². The first kappa shape index (κ1) is 21.1. The Balaban J connectivity index is 1.68. The molecule has 2 aliphatic carbocycles. The zero-order chi connectivity index (χ0) is 19.1. The van der Waals surface area contributed by atoms with Gasteiger partial charge in [-0.3, -0.25) is 0 Å². The third-order valence-corrected chi connectivity index (χ3v) is 5.90. The van der Waals surface area contributed by atoms with Gasteiger partial charge < -0.3 is 9.47 Å². The minimum absolute atomic E-state index is 0.156. The van der Waals surface area contributed by atoms with Gasteiger partial charge in [-0.05, 0) is 76.0 Å². The largest absolute Gasteiger partial charge is 0.460 e. The molecule has 2 aliphatic rings. The lowest BCUT2D eigenvalue weighted by atomic mass is 9.72. The Hall–Kier alpha value is -1.20. The molecular formula is C20H32F2O4. The molecule has 0 aromatic carbocycles. The molecule has 0 aromatic rings. The fraction of sp³-hybridized carbons (Fsp3) is 0.900. The molecule has 0 unspecified atom stereocenters. The topological polar surface area (TPSA) is 52.6 Å². The standard InChI is InChI=1S/C20H32F2O4/c1-3-17(21)19(23)25-15-9-5-13(6-10-15)14-7-11-16(12-8-14)26-20(24)18(22)4-2/h13-18H,3-12H2,1-2H3/t13?,14?,15?,16?,17-,18-/m0/s1. The van der Waals surface area contributed by atoms with Gasteiger partial charge >= 0.3 is 11.9 Å². The van der Waals surface area contributed by atoms with E-state index in [2.05, 4.69) is 0 Å². The Labute approximate surface area is 155 Å². The highest BCUT2D eigenvalue weighted by atomic mass is 19.1. The highest BCUT2D eigenvalue weighted by Gasteiger charge is 2.34. The number of carbonyl (C=O) groups excluding carboxylic acids is 2. The van der Waals surface area contributed by atoms with Crippen LogP contribution in [0.2, 0.25) is 0 Å².